The molecule has 213 valence electrons. The summed E-state index contributed by atoms with van der Waals surface area (Å²) in [5, 5.41) is 1.40. The van der Waals surface area contributed by atoms with Gasteiger partial charge in [0.25, 0.3) is 0 Å². The van der Waals surface area contributed by atoms with E-state index in [4.69, 9.17) is 0 Å². The average molecular weight is 733 g/mol. The van der Waals surface area contributed by atoms with Crippen LogP contribution in [0.4, 0.5) is 0 Å². The van der Waals surface area contributed by atoms with Crippen LogP contribution in [0.3, 0.4) is 0 Å². The molecule has 4 heteroatoms. The molecule has 0 N–H and O–H groups in total. The number of hydrogen-bond acceptors (Lipinski definition) is 2. The Morgan fingerprint density at radius 3 is 1.95 bits per heavy atom. The second-order valence-corrected chi connectivity index (χ2v) is 17.5. The summed E-state index contributed by atoms with van der Waals surface area (Å²) < 4.78 is 0. The van der Waals surface area contributed by atoms with Crippen LogP contribution in [-0.4, -0.2) is 18.0 Å². The van der Waals surface area contributed by atoms with Crippen LogP contribution >= 0.6 is 0 Å². The molecule has 5 rings (SSSR count). The van der Waals surface area contributed by atoms with Crippen LogP contribution in [0.1, 0.15) is 43.0 Å². The zero-order valence-electron chi connectivity index (χ0n) is 25.2. The molecular weight excluding hydrogens is 693 g/mol. The predicted octanol–water partition coefficient (Wildman–Crippen LogP) is 8.84. The van der Waals surface area contributed by atoms with Crippen molar-refractivity contribution in [3.05, 3.63) is 138 Å². The molecule has 0 atom stereocenters. The van der Waals surface area contributed by atoms with Gasteiger partial charge in [-0.1, -0.05) is 95.9 Å². The molecule has 2 nitrogen and oxygen atoms in total. The molecule has 3 aromatic carbocycles. The van der Waals surface area contributed by atoms with E-state index < -0.39 is 8.07 Å². The molecule has 1 radical (unpaired) electrons. The van der Waals surface area contributed by atoms with Gasteiger partial charge in [-0.05, 0) is 45.6 Å². The number of hydrogen-bond donors (Lipinski definition) is 0. The summed E-state index contributed by atoms with van der Waals surface area (Å²) in [5.41, 5.74) is 9.37. The van der Waals surface area contributed by atoms with Gasteiger partial charge >= 0.3 is 0 Å². The summed E-state index contributed by atoms with van der Waals surface area (Å²) in [6, 6.07) is 38.3. The van der Waals surface area contributed by atoms with Crippen LogP contribution in [0, 0.1) is 19.1 Å². The van der Waals surface area contributed by atoms with Crippen LogP contribution < -0.4 is 5.19 Å². The molecule has 0 saturated carbocycles. The fourth-order valence-electron chi connectivity index (χ4n) is 4.27. The topological polar surface area (TPSA) is 25.8 Å². The van der Waals surface area contributed by atoms with Gasteiger partial charge < -0.3 is 9.97 Å². The Balaban J connectivity index is 0.000000230. The number of aryl methyl sites for hydroxylation is 1. The zero-order chi connectivity index (χ0) is 28.8. The smallest absolute Gasteiger partial charge is 0.0795 e. The second kappa shape index (κ2) is 14.1. The maximum Gasteiger partial charge on any atom is 0.0795 e. The first-order valence-corrected chi connectivity index (χ1v) is 17.5. The van der Waals surface area contributed by atoms with E-state index in [-0.39, 0.29) is 25.5 Å². The molecule has 0 aliphatic carbocycles. The van der Waals surface area contributed by atoms with Gasteiger partial charge in [0, 0.05) is 32.5 Å². The normalized spacial score (nSPS) is 11.2. The van der Waals surface area contributed by atoms with Crippen LogP contribution in [0.15, 0.2) is 103 Å². The summed E-state index contributed by atoms with van der Waals surface area (Å²) in [6.07, 6.45) is 4.84. The van der Waals surface area contributed by atoms with Crippen molar-refractivity contribution >= 4 is 13.3 Å². The number of nitrogens with zero attached hydrogens (tertiary/aromatic N) is 2. The fraction of sp³-hybridized carbons (Fsp3) is 0.243. The van der Waals surface area contributed by atoms with Crippen molar-refractivity contribution in [3.63, 3.8) is 0 Å². The monoisotopic (exact) mass is 733 g/mol. The number of benzene rings is 3. The number of rotatable bonds is 5. The van der Waals surface area contributed by atoms with Crippen LogP contribution in [0.25, 0.3) is 22.5 Å². The van der Waals surface area contributed by atoms with Gasteiger partial charge in [-0.15, -0.1) is 70.8 Å². The molecule has 0 spiro atoms. The van der Waals surface area contributed by atoms with Crippen LogP contribution in [0.5, 0.6) is 0 Å². The molecule has 2 heterocycles. The molecule has 0 saturated heterocycles. The van der Waals surface area contributed by atoms with Crippen molar-refractivity contribution in [1.82, 2.24) is 9.97 Å². The molecule has 0 unspecified atom stereocenters. The minimum atomic E-state index is -1.24. The third-order valence-corrected chi connectivity index (χ3v) is 8.93. The van der Waals surface area contributed by atoms with Gasteiger partial charge in [-0.3, -0.25) is 0 Å². The number of pyridine rings is 2. The molecule has 5 aromatic rings. The Morgan fingerprint density at radius 2 is 1.39 bits per heavy atom. The van der Waals surface area contributed by atoms with Crippen molar-refractivity contribution in [2.75, 3.05) is 0 Å². The van der Waals surface area contributed by atoms with E-state index in [0.717, 1.165) is 28.9 Å². The minimum absolute atomic E-state index is 0. The largest absolute Gasteiger partial charge is 0.305 e. The minimum Gasteiger partial charge on any atom is -0.305 e. The Hall–Kier alpha value is -3.17. The van der Waals surface area contributed by atoms with Gasteiger partial charge in [0.1, 0.15) is 0 Å². The van der Waals surface area contributed by atoms with Gasteiger partial charge in [0.15, 0.2) is 0 Å². The quantitative estimate of drug-likeness (QED) is 0.133. The maximum absolute atomic E-state index is 4.55. The first kappa shape index (κ1) is 32.3. The van der Waals surface area contributed by atoms with Gasteiger partial charge in [-0.25, -0.2) is 0 Å². The van der Waals surface area contributed by atoms with Crippen molar-refractivity contribution in [3.8, 4) is 22.5 Å². The van der Waals surface area contributed by atoms with E-state index >= 15 is 0 Å². The third kappa shape index (κ3) is 9.43. The summed E-state index contributed by atoms with van der Waals surface area (Å²) >= 11 is 0. The first-order valence-electron chi connectivity index (χ1n) is 14.0. The average Bonchev–Trinajstić information content (AvgIpc) is 2.94. The van der Waals surface area contributed by atoms with Crippen molar-refractivity contribution in [2.45, 2.75) is 59.2 Å². The zero-order valence-corrected chi connectivity index (χ0v) is 28.6. The van der Waals surface area contributed by atoms with Crippen LogP contribution in [-0.2, 0) is 31.9 Å². The van der Waals surface area contributed by atoms with Crippen molar-refractivity contribution < 1.29 is 20.1 Å². The second-order valence-electron chi connectivity index (χ2n) is 12.4. The van der Waals surface area contributed by atoms with Crippen molar-refractivity contribution in [2.24, 2.45) is 0 Å². The summed E-state index contributed by atoms with van der Waals surface area (Å²) in [4.78, 5) is 9.06. The van der Waals surface area contributed by atoms with E-state index in [2.05, 4.69) is 148 Å². The summed E-state index contributed by atoms with van der Waals surface area (Å²) in [7, 11) is -1.24. The molecule has 0 bridgehead atoms. The van der Waals surface area contributed by atoms with E-state index in [1.807, 2.05) is 24.5 Å². The maximum atomic E-state index is 4.55. The van der Waals surface area contributed by atoms with Gasteiger partial charge in [-0.2, -0.15) is 0 Å². The Kier molecular flexibility index (Phi) is 11.2. The predicted molar refractivity (Wildman–Crippen MR) is 173 cm³/mol. The van der Waals surface area contributed by atoms with Crippen LogP contribution in [0.2, 0.25) is 19.6 Å². The van der Waals surface area contributed by atoms with Gasteiger partial charge in [0.05, 0.1) is 8.07 Å². The fourth-order valence-corrected chi connectivity index (χ4v) is 5.31. The Bertz CT molecular complexity index is 1500. The SMILES string of the molecule is CC(C)(C)c1c[c-]c(-c2cc(Cc3ccccc3)ccn2)cc1.Cc1c[c-]c(-c2ccc([Si](C)(C)C)cn2)cc1.[Ir]. The molecule has 41 heavy (non-hydrogen) atoms. The summed E-state index contributed by atoms with van der Waals surface area (Å²) in [5.74, 6) is 0. The van der Waals surface area contributed by atoms with Crippen molar-refractivity contribution in [1.29, 1.82) is 0 Å². The Labute approximate surface area is 261 Å². The van der Waals surface area contributed by atoms with E-state index in [1.54, 1.807) is 0 Å². The Morgan fingerprint density at radius 1 is 0.707 bits per heavy atom. The molecule has 2 aromatic heterocycles. The standard InChI is InChI=1S/C22H22N.C15H18NSi.Ir/c1-22(2,3)20-11-9-19(10-12-20)21-16-18(13-14-23-21)15-17-7-5-4-6-8-17;1-12-5-7-13(8-6-12)15-10-9-14(11-16-15)17(2,3)4;/h4-9,11-14,16H,15H2,1-3H3;5-7,9-11H,1-4H3;/q2*-1;. The molecule has 0 aliphatic rings. The molecule has 0 amide bonds. The van der Waals surface area contributed by atoms with E-state index in [9.17, 15) is 0 Å². The molecular formula is C37H40IrN2Si-2. The first-order chi connectivity index (χ1) is 19.0. The third-order valence-electron chi connectivity index (χ3n) is 6.90. The van der Waals surface area contributed by atoms with E-state index in [0.29, 0.717) is 0 Å². The van der Waals surface area contributed by atoms with E-state index in [1.165, 1.54) is 27.4 Å². The molecule has 0 fully saturated rings. The number of aromatic nitrogens is 2. The summed E-state index contributed by atoms with van der Waals surface area (Å²) in [6.45, 7) is 15.7. The van der Waals surface area contributed by atoms with Gasteiger partial charge in [0.2, 0.25) is 0 Å². The molecule has 0 aliphatic heterocycles.